The zero-order valence-corrected chi connectivity index (χ0v) is 19.8. The molecule has 1 aromatic carbocycles. The Hall–Kier alpha value is -0.720. The van der Waals surface area contributed by atoms with Crippen LogP contribution in [0.15, 0.2) is 29.3 Å². The Bertz CT molecular complexity index is 695. The molecule has 0 atom stereocenters. The zero-order chi connectivity index (χ0) is 18.8. The number of benzene rings is 1. The van der Waals surface area contributed by atoms with Gasteiger partial charge < -0.3 is 15.4 Å². The van der Waals surface area contributed by atoms with Crippen LogP contribution in [-0.4, -0.2) is 76.3 Å². The van der Waals surface area contributed by atoms with Gasteiger partial charge in [0.25, 0.3) is 0 Å². The zero-order valence-electron chi connectivity index (χ0n) is 15.8. The average molecular weight is 528 g/mol. The number of rotatable bonds is 8. The van der Waals surface area contributed by atoms with Crippen molar-refractivity contribution in [2.24, 2.45) is 4.99 Å². The highest BCUT2D eigenvalue weighted by Gasteiger charge is 2.23. The van der Waals surface area contributed by atoms with Gasteiger partial charge in [0.1, 0.15) is 5.75 Å². The SMILES string of the molecule is CN=C(NCCc1ccccc1OC)NCCS(=O)(=O)N1CCSCC1.I. The third kappa shape index (κ3) is 8.04. The van der Waals surface area contributed by atoms with Crippen molar-refractivity contribution in [3.05, 3.63) is 29.8 Å². The molecule has 27 heavy (non-hydrogen) atoms. The lowest BCUT2D eigenvalue weighted by molar-refractivity contribution is 0.409. The van der Waals surface area contributed by atoms with E-state index in [1.165, 1.54) is 0 Å². The molecule has 0 bridgehead atoms. The van der Waals surface area contributed by atoms with E-state index in [2.05, 4.69) is 15.6 Å². The van der Waals surface area contributed by atoms with Gasteiger partial charge in [-0.2, -0.15) is 11.8 Å². The van der Waals surface area contributed by atoms with Gasteiger partial charge in [0.05, 0.1) is 12.9 Å². The predicted octanol–water partition coefficient (Wildman–Crippen LogP) is 1.40. The topological polar surface area (TPSA) is 83.0 Å². The van der Waals surface area contributed by atoms with Crippen LogP contribution in [0.4, 0.5) is 0 Å². The van der Waals surface area contributed by atoms with Crippen LogP contribution in [0.1, 0.15) is 5.56 Å². The molecule has 1 saturated heterocycles. The third-order valence-corrected chi connectivity index (χ3v) is 6.93. The molecule has 0 aliphatic carbocycles. The van der Waals surface area contributed by atoms with E-state index in [1.807, 2.05) is 24.3 Å². The van der Waals surface area contributed by atoms with E-state index in [0.29, 0.717) is 32.1 Å². The quantitative estimate of drug-likeness (QED) is 0.302. The second-order valence-electron chi connectivity index (χ2n) is 5.82. The average Bonchev–Trinajstić information content (AvgIpc) is 2.67. The first kappa shape index (κ1) is 24.3. The van der Waals surface area contributed by atoms with Gasteiger partial charge in [-0.1, -0.05) is 18.2 Å². The van der Waals surface area contributed by atoms with E-state index in [0.717, 1.165) is 29.2 Å². The van der Waals surface area contributed by atoms with E-state index in [-0.39, 0.29) is 29.7 Å². The van der Waals surface area contributed by atoms with Crippen LogP contribution in [0.5, 0.6) is 5.75 Å². The summed E-state index contributed by atoms with van der Waals surface area (Å²) in [6.45, 7) is 2.23. The van der Waals surface area contributed by atoms with Crippen LogP contribution < -0.4 is 15.4 Å². The summed E-state index contributed by atoms with van der Waals surface area (Å²) in [7, 11) is 0.135. The minimum absolute atomic E-state index is 0. The summed E-state index contributed by atoms with van der Waals surface area (Å²) in [5.41, 5.74) is 1.11. The Morgan fingerprint density at radius 3 is 2.56 bits per heavy atom. The van der Waals surface area contributed by atoms with E-state index in [9.17, 15) is 8.42 Å². The number of guanidine groups is 1. The molecule has 154 valence electrons. The summed E-state index contributed by atoms with van der Waals surface area (Å²) in [5.74, 6) is 3.29. The highest BCUT2D eigenvalue weighted by Crippen LogP contribution is 2.17. The van der Waals surface area contributed by atoms with E-state index >= 15 is 0 Å². The molecular formula is C17H29IN4O3S2. The third-order valence-electron chi connectivity index (χ3n) is 4.12. The Kier molecular flexibility index (Phi) is 11.4. The van der Waals surface area contributed by atoms with Crippen molar-refractivity contribution in [2.45, 2.75) is 6.42 Å². The van der Waals surface area contributed by atoms with Crippen molar-refractivity contribution in [1.82, 2.24) is 14.9 Å². The first-order chi connectivity index (χ1) is 12.6. The first-order valence-corrected chi connectivity index (χ1v) is 11.4. The number of nitrogens with zero attached hydrogens (tertiary/aromatic N) is 2. The molecule has 1 heterocycles. The summed E-state index contributed by atoms with van der Waals surface area (Å²) in [6.07, 6.45) is 0.786. The van der Waals surface area contributed by atoms with Gasteiger partial charge in [-0.15, -0.1) is 24.0 Å². The second-order valence-corrected chi connectivity index (χ2v) is 9.13. The molecule has 1 fully saturated rings. The van der Waals surface area contributed by atoms with Gasteiger partial charge in [-0.05, 0) is 18.1 Å². The van der Waals surface area contributed by atoms with Crippen molar-refractivity contribution in [3.63, 3.8) is 0 Å². The molecular weight excluding hydrogens is 499 g/mol. The molecule has 1 aliphatic rings. The maximum Gasteiger partial charge on any atom is 0.215 e. The number of nitrogens with one attached hydrogen (secondary N) is 2. The monoisotopic (exact) mass is 528 g/mol. The minimum Gasteiger partial charge on any atom is -0.496 e. The highest BCUT2D eigenvalue weighted by atomic mass is 127. The largest absolute Gasteiger partial charge is 0.496 e. The van der Waals surface area contributed by atoms with Crippen molar-refractivity contribution < 1.29 is 13.2 Å². The van der Waals surface area contributed by atoms with Gasteiger partial charge in [0, 0.05) is 44.7 Å². The first-order valence-electron chi connectivity index (χ1n) is 8.69. The Balaban J connectivity index is 0.00000364. The molecule has 0 aromatic heterocycles. The lowest BCUT2D eigenvalue weighted by Crippen LogP contribution is -2.44. The van der Waals surface area contributed by atoms with E-state index in [1.54, 1.807) is 30.2 Å². The number of sulfonamides is 1. The number of hydrogen-bond donors (Lipinski definition) is 2. The minimum atomic E-state index is -3.20. The van der Waals surface area contributed by atoms with Crippen LogP contribution in [0.25, 0.3) is 0 Å². The van der Waals surface area contributed by atoms with Crippen molar-refractivity contribution in [2.75, 3.05) is 57.6 Å². The second kappa shape index (κ2) is 12.7. The normalized spacial score (nSPS) is 15.7. The molecule has 2 N–H and O–H groups in total. The van der Waals surface area contributed by atoms with Gasteiger partial charge in [0.15, 0.2) is 5.96 Å². The molecule has 1 aliphatic heterocycles. The van der Waals surface area contributed by atoms with Crippen LogP contribution in [0.2, 0.25) is 0 Å². The fraction of sp³-hybridized carbons (Fsp3) is 0.588. The van der Waals surface area contributed by atoms with Crippen LogP contribution >= 0.6 is 35.7 Å². The van der Waals surface area contributed by atoms with Gasteiger partial charge >= 0.3 is 0 Å². The Labute approximate surface area is 183 Å². The van der Waals surface area contributed by atoms with Crippen LogP contribution in [0, 0.1) is 0 Å². The van der Waals surface area contributed by atoms with Crippen molar-refractivity contribution in [3.8, 4) is 5.75 Å². The predicted molar refractivity (Wildman–Crippen MR) is 124 cm³/mol. The van der Waals surface area contributed by atoms with Crippen LogP contribution in [-0.2, 0) is 16.4 Å². The molecule has 0 radical (unpaired) electrons. The van der Waals surface area contributed by atoms with E-state index in [4.69, 9.17) is 4.74 Å². The summed E-state index contributed by atoms with van der Waals surface area (Å²) in [5, 5.41) is 6.28. The molecule has 2 rings (SSSR count). The lowest BCUT2D eigenvalue weighted by Gasteiger charge is -2.25. The summed E-state index contributed by atoms with van der Waals surface area (Å²) < 4.78 is 31.6. The Morgan fingerprint density at radius 1 is 1.22 bits per heavy atom. The van der Waals surface area contributed by atoms with Gasteiger partial charge in [-0.3, -0.25) is 4.99 Å². The molecule has 1 aromatic rings. The van der Waals surface area contributed by atoms with Gasteiger partial charge in [0.2, 0.25) is 10.0 Å². The molecule has 0 unspecified atom stereocenters. The number of thioether (sulfide) groups is 1. The maximum absolute atomic E-state index is 12.3. The number of para-hydroxylation sites is 1. The van der Waals surface area contributed by atoms with Crippen molar-refractivity contribution >= 4 is 51.7 Å². The fourth-order valence-corrected chi connectivity index (χ4v) is 5.19. The number of hydrogen-bond acceptors (Lipinski definition) is 5. The van der Waals surface area contributed by atoms with Crippen molar-refractivity contribution in [1.29, 1.82) is 0 Å². The standard InChI is InChI=1S/C17H28N4O3S2.HI/c1-18-17(19-8-7-15-5-3-4-6-16(15)24-2)20-9-14-26(22,23)21-10-12-25-13-11-21;/h3-6H,7-14H2,1-2H3,(H2,18,19,20);1H. The van der Waals surface area contributed by atoms with Crippen LogP contribution in [0.3, 0.4) is 0 Å². The lowest BCUT2D eigenvalue weighted by atomic mass is 10.1. The summed E-state index contributed by atoms with van der Waals surface area (Å²) in [4.78, 5) is 4.15. The van der Waals surface area contributed by atoms with E-state index < -0.39 is 10.0 Å². The molecule has 7 nitrogen and oxygen atoms in total. The molecule has 0 spiro atoms. The smallest absolute Gasteiger partial charge is 0.215 e. The Morgan fingerprint density at radius 2 is 1.89 bits per heavy atom. The molecule has 10 heteroatoms. The van der Waals surface area contributed by atoms with Gasteiger partial charge in [-0.25, -0.2) is 12.7 Å². The summed E-state index contributed by atoms with van der Waals surface area (Å²) >= 11 is 1.80. The number of ether oxygens (including phenoxy) is 1. The number of aliphatic imine (C=N–C) groups is 1. The number of methoxy groups -OCH3 is 1. The maximum atomic E-state index is 12.3. The highest BCUT2D eigenvalue weighted by molar-refractivity contribution is 14.0. The molecule has 0 amide bonds. The number of halogens is 1. The fourth-order valence-electron chi connectivity index (χ4n) is 2.70. The molecule has 0 saturated carbocycles. The summed E-state index contributed by atoms with van der Waals surface area (Å²) in [6, 6.07) is 7.89.